The number of piperazine rings is 1. The van der Waals surface area contributed by atoms with Gasteiger partial charge in [-0.15, -0.1) is 0 Å². The summed E-state index contributed by atoms with van der Waals surface area (Å²) < 4.78 is 24.5. The third-order valence-corrected chi connectivity index (χ3v) is 5.15. The van der Waals surface area contributed by atoms with Crippen LogP contribution in [0.5, 0.6) is 0 Å². The second-order valence-corrected chi connectivity index (χ2v) is 7.63. The molecule has 1 fully saturated rings. The smallest absolute Gasteiger partial charge is 0.211 e. The van der Waals surface area contributed by atoms with Gasteiger partial charge in [0, 0.05) is 44.8 Å². The van der Waals surface area contributed by atoms with Gasteiger partial charge in [0.05, 0.1) is 6.26 Å². The Kier molecular flexibility index (Phi) is 6.73. The van der Waals surface area contributed by atoms with E-state index in [4.69, 9.17) is 0 Å². The van der Waals surface area contributed by atoms with Gasteiger partial charge in [-0.05, 0) is 20.3 Å². The molecule has 19 heavy (non-hydrogen) atoms. The van der Waals surface area contributed by atoms with E-state index < -0.39 is 10.0 Å². The summed E-state index contributed by atoms with van der Waals surface area (Å²) in [6.45, 7) is 10.5. The summed E-state index contributed by atoms with van der Waals surface area (Å²) in [5, 5.41) is 3.55. The zero-order valence-electron chi connectivity index (χ0n) is 12.7. The maximum absolute atomic E-state index is 11.4. The van der Waals surface area contributed by atoms with Crippen LogP contribution in [0.4, 0.5) is 0 Å². The van der Waals surface area contributed by atoms with Crippen molar-refractivity contribution in [3.63, 3.8) is 0 Å². The zero-order chi connectivity index (χ0) is 14.5. The Morgan fingerprint density at radius 3 is 2.21 bits per heavy atom. The van der Waals surface area contributed by atoms with Crippen LogP contribution < -0.4 is 5.32 Å². The largest absolute Gasteiger partial charge is 0.313 e. The first-order valence-electron chi connectivity index (χ1n) is 7.27. The number of sulfonamides is 1. The Hall–Kier alpha value is -0.170. The van der Waals surface area contributed by atoms with Crippen LogP contribution in [0.25, 0.3) is 0 Å². The summed E-state index contributed by atoms with van der Waals surface area (Å²) in [5.41, 5.74) is 0. The molecule has 6 heteroatoms. The van der Waals surface area contributed by atoms with Crippen molar-refractivity contribution in [3.8, 4) is 0 Å². The molecule has 1 heterocycles. The fraction of sp³-hybridized carbons (Fsp3) is 1.00. The van der Waals surface area contributed by atoms with Gasteiger partial charge < -0.3 is 5.32 Å². The average Bonchev–Trinajstić information content (AvgIpc) is 2.35. The van der Waals surface area contributed by atoms with E-state index in [1.54, 1.807) is 4.31 Å². The number of hydrogen-bond acceptors (Lipinski definition) is 4. The number of nitrogens with one attached hydrogen (secondary N) is 1. The van der Waals surface area contributed by atoms with Crippen molar-refractivity contribution in [2.75, 3.05) is 39.0 Å². The summed E-state index contributed by atoms with van der Waals surface area (Å²) >= 11 is 0. The fourth-order valence-electron chi connectivity index (χ4n) is 2.51. The summed E-state index contributed by atoms with van der Waals surface area (Å²) in [4.78, 5) is 2.37. The molecule has 0 spiro atoms. The highest BCUT2D eigenvalue weighted by Gasteiger charge is 2.25. The van der Waals surface area contributed by atoms with Gasteiger partial charge in [-0.1, -0.05) is 13.3 Å². The molecule has 0 aromatic rings. The lowest BCUT2D eigenvalue weighted by molar-refractivity contribution is 0.142. The van der Waals surface area contributed by atoms with Crippen molar-refractivity contribution in [1.82, 2.24) is 14.5 Å². The van der Waals surface area contributed by atoms with Crippen molar-refractivity contribution in [2.24, 2.45) is 0 Å². The lowest BCUT2D eigenvalue weighted by atomic mass is 10.1. The molecule has 114 valence electrons. The standard InChI is InChI=1S/C13H29N3O2S/c1-5-6-12(2)14-11-13(3)15-7-9-16(10-8-15)19(4,17)18/h12-14H,5-11H2,1-4H3. The van der Waals surface area contributed by atoms with Crippen LogP contribution in [-0.4, -0.2) is 68.7 Å². The Morgan fingerprint density at radius 1 is 1.16 bits per heavy atom. The molecule has 5 nitrogen and oxygen atoms in total. The van der Waals surface area contributed by atoms with Crippen LogP contribution >= 0.6 is 0 Å². The highest BCUT2D eigenvalue weighted by molar-refractivity contribution is 7.88. The van der Waals surface area contributed by atoms with E-state index in [0.717, 1.165) is 19.6 Å². The summed E-state index contributed by atoms with van der Waals surface area (Å²) in [5.74, 6) is 0. The van der Waals surface area contributed by atoms with E-state index in [1.165, 1.54) is 19.1 Å². The lowest BCUT2D eigenvalue weighted by Gasteiger charge is -2.37. The molecule has 0 bridgehead atoms. The molecule has 0 aromatic carbocycles. The van der Waals surface area contributed by atoms with Gasteiger partial charge in [-0.25, -0.2) is 8.42 Å². The Labute approximate surface area is 118 Å². The maximum atomic E-state index is 11.4. The lowest BCUT2D eigenvalue weighted by Crippen LogP contribution is -2.53. The predicted octanol–water partition coefficient (Wildman–Crippen LogP) is 0.730. The van der Waals surface area contributed by atoms with Gasteiger partial charge in [0.25, 0.3) is 0 Å². The van der Waals surface area contributed by atoms with E-state index >= 15 is 0 Å². The molecule has 2 atom stereocenters. The molecule has 0 amide bonds. The van der Waals surface area contributed by atoms with E-state index in [0.29, 0.717) is 25.2 Å². The first kappa shape index (κ1) is 16.9. The van der Waals surface area contributed by atoms with Gasteiger partial charge in [-0.3, -0.25) is 4.90 Å². The van der Waals surface area contributed by atoms with Crippen molar-refractivity contribution < 1.29 is 8.42 Å². The van der Waals surface area contributed by atoms with Crippen molar-refractivity contribution in [2.45, 2.75) is 45.7 Å². The van der Waals surface area contributed by atoms with Crippen LogP contribution in [0.2, 0.25) is 0 Å². The van der Waals surface area contributed by atoms with E-state index in [1.807, 2.05) is 0 Å². The first-order chi connectivity index (χ1) is 8.84. The highest BCUT2D eigenvalue weighted by atomic mass is 32.2. The number of rotatable bonds is 7. The summed E-state index contributed by atoms with van der Waals surface area (Å²) in [6.07, 6.45) is 3.70. The summed E-state index contributed by atoms with van der Waals surface area (Å²) in [7, 11) is -3.02. The van der Waals surface area contributed by atoms with Gasteiger partial charge in [0.1, 0.15) is 0 Å². The SMILES string of the molecule is CCCC(C)NCC(C)N1CCN(S(C)(=O)=O)CC1. The molecule has 1 rings (SSSR count). The minimum atomic E-state index is -3.02. The van der Waals surface area contributed by atoms with Crippen molar-refractivity contribution in [1.29, 1.82) is 0 Å². The highest BCUT2D eigenvalue weighted by Crippen LogP contribution is 2.09. The average molecular weight is 291 g/mol. The van der Waals surface area contributed by atoms with Crippen LogP contribution in [0, 0.1) is 0 Å². The molecule has 1 aliphatic rings. The number of nitrogens with zero attached hydrogens (tertiary/aromatic N) is 2. The Bertz CT molecular complexity index is 351. The molecule has 0 radical (unpaired) electrons. The minimum absolute atomic E-state index is 0.459. The van der Waals surface area contributed by atoms with Crippen molar-refractivity contribution >= 4 is 10.0 Å². The molecular formula is C13H29N3O2S. The van der Waals surface area contributed by atoms with E-state index in [2.05, 4.69) is 31.0 Å². The van der Waals surface area contributed by atoms with Crippen molar-refractivity contribution in [3.05, 3.63) is 0 Å². The van der Waals surface area contributed by atoms with Gasteiger partial charge in [0.15, 0.2) is 0 Å². The predicted molar refractivity (Wildman–Crippen MR) is 79.8 cm³/mol. The summed E-state index contributed by atoms with van der Waals surface area (Å²) in [6, 6.07) is 1.02. The van der Waals surface area contributed by atoms with Crippen LogP contribution in [-0.2, 0) is 10.0 Å². The minimum Gasteiger partial charge on any atom is -0.313 e. The third-order valence-electron chi connectivity index (χ3n) is 3.85. The van der Waals surface area contributed by atoms with Gasteiger partial charge >= 0.3 is 0 Å². The van der Waals surface area contributed by atoms with Gasteiger partial charge in [0.2, 0.25) is 10.0 Å². The fourth-order valence-corrected chi connectivity index (χ4v) is 3.34. The zero-order valence-corrected chi connectivity index (χ0v) is 13.5. The van der Waals surface area contributed by atoms with E-state index in [-0.39, 0.29) is 0 Å². The topological polar surface area (TPSA) is 52.6 Å². The molecular weight excluding hydrogens is 262 g/mol. The van der Waals surface area contributed by atoms with E-state index in [9.17, 15) is 8.42 Å². The second-order valence-electron chi connectivity index (χ2n) is 5.65. The molecule has 0 aliphatic carbocycles. The first-order valence-corrected chi connectivity index (χ1v) is 9.12. The van der Waals surface area contributed by atoms with Gasteiger partial charge in [-0.2, -0.15) is 4.31 Å². The Morgan fingerprint density at radius 2 is 1.74 bits per heavy atom. The number of hydrogen-bond donors (Lipinski definition) is 1. The Balaban J connectivity index is 2.31. The maximum Gasteiger partial charge on any atom is 0.211 e. The second kappa shape index (κ2) is 7.57. The van der Waals surface area contributed by atoms with Crippen LogP contribution in [0.15, 0.2) is 0 Å². The molecule has 2 unspecified atom stereocenters. The van der Waals surface area contributed by atoms with Crippen LogP contribution in [0.1, 0.15) is 33.6 Å². The molecule has 1 N–H and O–H groups in total. The quantitative estimate of drug-likeness (QED) is 0.751. The monoisotopic (exact) mass is 291 g/mol. The third kappa shape index (κ3) is 5.77. The normalized spacial score (nSPS) is 22.3. The molecule has 0 aromatic heterocycles. The molecule has 0 saturated carbocycles. The molecule has 1 aliphatic heterocycles. The van der Waals surface area contributed by atoms with Crippen LogP contribution in [0.3, 0.4) is 0 Å². The molecule has 1 saturated heterocycles.